The second kappa shape index (κ2) is 7.76. The van der Waals surface area contributed by atoms with Crippen molar-refractivity contribution in [2.45, 2.75) is 24.6 Å². The number of ether oxygens (including phenoxy) is 2. The van der Waals surface area contributed by atoms with E-state index < -0.39 is 24.6 Å². The largest absolute Gasteiger partial charge is 0.508 e. The van der Waals surface area contributed by atoms with Gasteiger partial charge in [0.2, 0.25) is 6.29 Å². The van der Waals surface area contributed by atoms with Crippen LogP contribution in [0.4, 0.5) is 0 Å². The topological polar surface area (TPSA) is 120 Å². The molecule has 1 fully saturated rings. The van der Waals surface area contributed by atoms with Crippen molar-refractivity contribution in [3.8, 4) is 17.2 Å². The standard InChI is InChI=1S/C19H20O7/c20-13-5-3-11(4-6-13)1-2-12-7-14(21)9-15(8-12)26-19-18(24)17(23)16(22)10-25-19/h1-9,16-24H,10H2/t16-,17+,18-,19+/m1/s1. The maximum absolute atomic E-state index is 9.93. The first kappa shape index (κ1) is 18.2. The summed E-state index contributed by atoms with van der Waals surface area (Å²) >= 11 is 0. The van der Waals surface area contributed by atoms with Crippen LogP contribution in [0, 0.1) is 0 Å². The lowest BCUT2D eigenvalue weighted by atomic mass is 10.1. The Labute approximate surface area is 150 Å². The fraction of sp³-hybridized carbons (Fsp3) is 0.263. The number of aliphatic hydroxyl groups excluding tert-OH is 3. The molecule has 0 unspecified atom stereocenters. The van der Waals surface area contributed by atoms with E-state index >= 15 is 0 Å². The quantitative estimate of drug-likeness (QED) is 0.518. The van der Waals surface area contributed by atoms with Gasteiger partial charge in [-0.3, -0.25) is 0 Å². The molecule has 5 N–H and O–H groups in total. The zero-order valence-electron chi connectivity index (χ0n) is 13.8. The van der Waals surface area contributed by atoms with Crippen molar-refractivity contribution in [1.29, 1.82) is 0 Å². The Morgan fingerprint density at radius 1 is 0.846 bits per heavy atom. The molecule has 26 heavy (non-hydrogen) atoms. The number of phenols is 2. The van der Waals surface area contributed by atoms with E-state index in [1.54, 1.807) is 42.5 Å². The van der Waals surface area contributed by atoms with Crippen molar-refractivity contribution in [1.82, 2.24) is 0 Å². The molecule has 0 bridgehead atoms. The maximum Gasteiger partial charge on any atom is 0.228 e. The molecule has 0 aliphatic carbocycles. The van der Waals surface area contributed by atoms with Gasteiger partial charge in [-0.1, -0.05) is 24.3 Å². The molecule has 138 valence electrons. The van der Waals surface area contributed by atoms with Crippen LogP contribution < -0.4 is 4.74 Å². The average molecular weight is 360 g/mol. The van der Waals surface area contributed by atoms with E-state index in [0.29, 0.717) is 5.56 Å². The van der Waals surface area contributed by atoms with E-state index in [9.17, 15) is 25.5 Å². The zero-order chi connectivity index (χ0) is 18.7. The number of aliphatic hydroxyl groups is 3. The summed E-state index contributed by atoms with van der Waals surface area (Å²) in [6.07, 6.45) is -1.60. The third kappa shape index (κ3) is 4.33. The third-order valence-electron chi connectivity index (χ3n) is 3.98. The molecule has 0 saturated carbocycles. The van der Waals surface area contributed by atoms with Gasteiger partial charge in [0.15, 0.2) is 0 Å². The van der Waals surface area contributed by atoms with Gasteiger partial charge >= 0.3 is 0 Å². The minimum Gasteiger partial charge on any atom is -0.508 e. The summed E-state index contributed by atoms with van der Waals surface area (Å²) in [6.45, 7) is -0.171. The molecule has 3 rings (SSSR count). The molecule has 1 aliphatic rings. The Balaban J connectivity index is 1.74. The van der Waals surface area contributed by atoms with Gasteiger partial charge in [0.25, 0.3) is 0 Å². The van der Waals surface area contributed by atoms with E-state index in [2.05, 4.69) is 0 Å². The van der Waals surface area contributed by atoms with Crippen LogP contribution in [0.5, 0.6) is 17.2 Å². The van der Waals surface area contributed by atoms with Crippen LogP contribution in [-0.4, -0.2) is 56.7 Å². The molecule has 0 spiro atoms. The summed E-state index contributed by atoms with van der Waals surface area (Å²) < 4.78 is 10.7. The van der Waals surface area contributed by atoms with Crippen LogP contribution in [0.2, 0.25) is 0 Å². The summed E-state index contributed by atoms with van der Waals surface area (Å²) in [6, 6.07) is 11.1. The molecular weight excluding hydrogens is 340 g/mol. The average Bonchev–Trinajstić information content (AvgIpc) is 2.61. The van der Waals surface area contributed by atoms with Gasteiger partial charge in [-0.2, -0.15) is 0 Å². The number of rotatable bonds is 4. The smallest absolute Gasteiger partial charge is 0.228 e. The minimum atomic E-state index is -1.42. The first-order valence-electron chi connectivity index (χ1n) is 8.06. The van der Waals surface area contributed by atoms with E-state index in [4.69, 9.17) is 9.47 Å². The second-order valence-electron chi connectivity index (χ2n) is 6.05. The van der Waals surface area contributed by atoms with Crippen molar-refractivity contribution >= 4 is 12.2 Å². The predicted octanol–water partition coefficient (Wildman–Crippen LogP) is 1.09. The van der Waals surface area contributed by atoms with E-state index in [0.717, 1.165) is 5.56 Å². The van der Waals surface area contributed by atoms with Gasteiger partial charge in [0.1, 0.15) is 35.6 Å². The molecular formula is C19H20O7. The highest BCUT2D eigenvalue weighted by molar-refractivity contribution is 5.71. The molecule has 1 aliphatic heterocycles. The predicted molar refractivity (Wildman–Crippen MR) is 93.5 cm³/mol. The first-order valence-corrected chi connectivity index (χ1v) is 8.06. The molecule has 2 aromatic carbocycles. The molecule has 7 heteroatoms. The highest BCUT2D eigenvalue weighted by atomic mass is 16.7. The summed E-state index contributed by atoms with van der Waals surface area (Å²) in [4.78, 5) is 0. The lowest BCUT2D eigenvalue weighted by Crippen LogP contribution is -2.54. The molecule has 0 amide bonds. The fourth-order valence-electron chi connectivity index (χ4n) is 2.56. The van der Waals surface area contributed by atoms with Crippen LogP contribution >= 0.6 is 0 Å². The molecule has 2 aromatic rings. The van der Waals surface area contributed by atoms with Crippen molar-refractivity contribution in [2.24, 2.45) is 0 Å². The highest BCUT2D eigenvalue weighted by Crippen LogP contribution is 2.27. The van der Waals surface area contributed by atoms with Crippen LogP contribution in [-0.2, 0) is 4.74 Å². The van der Waals surface area contributed by atoms with Crippen LogP contribution in [0.1, 0.15) is 11.1 Å². The maximum atomic E-state index is 9.93. The van der Waals surface area contributed by atoms with Crippen molar-refractivity contribution in [2.75, 3.05) is 6.61 Å². The summed E-state index contributed by atoms with van der Waals surface area (Å²) in [5.41, 5.74) is 1.50. The van der Waals surface area contributed by atoms with Crippen molar-refractivity contribution < 1.29 is 35.0 Å². The van der Waals surface area contributed by atoms with Gasteiger partial charge in [-0.15, -0.1) is 0 Å². The zero-order valence-corrected chi connectivity index (χ0v) is 13.8. The van der Waals surface area contributed by atoms with Gasteiger partial charge < -0.3 is 35.0 Å². The Kier molecular flexibility index (Phi) is 5.43. The summed E-state index contributed by atoms with van der Waals surface area (Å²) in [5, 5.41) is 48.2. The summed E-state index contributed by atoms with van der Waals surface area (Å²) in [7, 11) is 0. The minimum absolute atomic E-state index is 0.0428. The number of phenolic OH excluding ortho intramolecular Hbond substituents is 2. The first-order chi connectivity index (χ1) is 12.4. The lowest BCUT2D eigenvalue weighted by Gasteiger charge is -2.34. The molecule has 1 saturated heterocycles. The highest BCUT2D eigenvalue weighted by Gasteiger charge is 2.39. The van der Waals surface area contributed by atoms with Gasteiger partial charge in [-0.25, -0.2) is 0 Å². The van der Waals surface area contributed by atoms with Crippen LogP contribution in [0.25, 0.3) is 12.2 Å². The Hall–Kier alpha value is -2.58. The fourth-order valence-corrected chi connectivity index (χ4v) is 2.56. The van der Waals surface area contributed by atoms with E-state index in [-0.39, 0.29) is 23.9 Å². The lowest BCUT2D eigenvalue weighted by molar-refractivity contribution is -0.242. The number of benzene rings is 2. The normalized spacial score (nSPS) is 26.1. The van der Waals surface area contributed by atoms with E-state index in [1.807, 2.05) is 0 Å². The molecule has 7 nitrogen and oxygen atoms in total. The number of aromatic hydroxyl groups is 2. The Morgan fingerprint density at radius 3 is 2.27 bits per heavy atom. The van der Waals surface area contributed by atoms with Gasteiger partial charge in [0.05, 0.1) is 6.61 Å². The molecule has 1 heterocycles. The number of hydrogen-bond acceptors (Lipinski definition) is 7. The Bertz CT molecular complexity index is 772. The molecule has 0 radical (unpaired) electrons. The number of hydrogen-bond donors (Lipinski definition) is 5. The van der Waals surface area contributed by atoms with Crippen molar-refractivity contribution in [3.05, 3.63) is 53.6 Å². The van der Waals surface area contributed by atoms with E-state index in [1.165, 1.54) is 12.1 Å². The van der Waals surface area contributed by atoms with Crippen molar-refractivity contribution in [3.63, 3.8) is 0 Å². The molecule has 0 aromatic heterocycles. The summed E-state index contributed by atoms with van der Waals surface area (Å²) in [5.74, 6) is 0.371. The Morgan fingerprint density at radius 2 is 1.54 bits per heavy atom. The van der Waals surface area contributed by atoms with Gasteiger partial charge in [-0.05, 0) is 35.4 Å². The van der Waals surface area contributed by atoms with Crippen LogP contribution in [0.3, 0.4) is 0 Å². The monoisotopic (exact) mass is 360 g/mol. The molecule has 4 atom stereocenters. The van der Waals surface area contributed by atoms with Crippen LogP contribution in [0.15, 0.2) is 42.5 Å². The van der Waals surface area contributed by atoms with Gasteiger partial charge in [0, 0.05) is 6.07 Å². The third-order valence-corrected chi connectivity index (χ3v) is 3.98. The SMILES string of the molecule is Oc1ccc(C=Cc2cc(O)cc(O[C@@H]3OC[C@@H](O)[C@H](O)[C@H]3O)c2)cc1. The second-order valence-corrected chi connectivity index (χ2v) is 6.05.